The van der Waals surface area contributed by atoms with Crippen molar-refractivity contribution in [2.24, 2.45) is 0 Å². The maximum atomic E-state index is 14.7. The summed E-state index contributed by atoms with van der Waals surface area (Å²) in [7, 11) is 0. The third-order valence-corrected chi connectivity index (χ3v) is 5.01. The highest BCUT2D eigenvalue weighted by Gasteiger charge is 2.52. The average Bonchev–Trinajstić information content (AvgIpc) is 3.32. The number of amides is 2. The van der Waals surface area contributed by atoms with E-state index in [9.17, 15) is 14.0 Å². The van der Waals surface area contributed by atoms with Gasteiger partial charge in [-0.2, -0.15) is 0 Å². The molecule has 4 rings (SSSR count). The summed E-state index contributed by atoms with van der Waals surface area (Å²) >= 11 is 6.19. The minimum Gasteiger partial charge on any atom is -0.491 e. The van der Waals surface area contributed by atoms with Crippen molar-refractivity contribution in [2.45, 2.75) is 25.3 Å². The van der Waals surface area contributed by atoms with Gasteiger partial charge in [0.25, 0.3) is 11.8 Å². The van der Waals surface area contributed by atoms with Crippen molar-refractivity contribution in [3.05, 3.63) is 63.9 Å². The lowest BCUT2D eigenvalue weighted by Gasteiger charge is -2.15. The molecule has 2 aliphatic rings. The van der Waals surface area contributed by atoms with Gasteiger partial charge in [0.2, 0.25) is 0 Å². The number of rotatable bonds is 4. The second-order valence-electron chi connectivity index (χ2n) is 6.14. The molecule has 0 bridgehead atoms. The summed E-state index contributed by atoms with van der Waals surface area (Å²) in [5, 5.41) is 0.282. The molecule has 2 amide bonds. The molecule has 0 aromatic heterocycles. The van der Waals surface area contributed by atoms with E-state index >= 15 is 0 Å². The van der Waals surface area contributed by atoms with E-state index < -0.39 is 5.82 Å². The highest BCUT2D eigenvalue weighted by atomic mass is 35.5. The summed E-state index contributed by atoms with van der Waals surface area (Å²) in [4.78, 5) is 26.4. The molecule has 0 radical (unpaired) electrons. The summed E-state index contributed by atoms with van der Waals surface area (Å²) in [6.45, 7) is 2.11. The molecule has 0 spiro atoms. The first-order chi connectivity index (χ1) is 12.0. The predicted molar refractivity (Wildman–Crippen MR) is 90.7 cm³/mol. The Morgan fingerprint density at radius 1 is 1.16 bits per heavy atom. The molecule has 0 unspecified atom stereocenters. The number of imide groups is 1. The Kier molecular flexibility index (Phi) is 3.76. The van der Waals surface area contributed by atoms with Gasteiger partial charge in [0.1, 0.15) is 0 Å². The Morgan fingerprint density at radius 3 is 2.40 bits per heavy atom. The Bertz CT molecular complexity index is 863. The Hall–Kier alpha value is -2.40. The summed E-state index contributed by atoms with van der Waals surface area (Å²) in [5.74, 6) is -1.35. The van der Waals surface area contributed by atoms with Crippen LogP contribution in [0.15, 0.2) is 36.4 Å². The lowest BCUT2D eigenvalue weighted by molar-refractivity contribution is 0.0639. The van der Waals surface area contributed by atoms with E-state index in [1.807, 2.05) is 0 Å². The molecule has 1 saturated carbocycles. The molecule has 1 fully saturated rings. The Morgan fingerprint density at radius 2 is 1.80 bits per heavy atom. The van der Waals surface area contributed by atoms with Crippen molar-refractivity contribution in [3.8, 4) is 5.75 Å². The van der Waals surface area contributed by atoms with E-state index in [1.54, 1.807) is 37.3 Å². The van der Waals surface area contributed by atoms with Crippen LogP contribution in [0.1, 0.15) is 45.5 Å². The van der Waals surface area contributed by atoms with Gasteiger partial charge in [-0.05, 0) is 37.6 Å². The fourth-order valence-corrected chi connectivity index (χ4v) is 3.73. The van der Waals surface area contributed by atoms with Gasteiger partial charge in [-0.3, -0.25) is 14.5 Å². The summed E-state index contributed by atoms with van der Waals surface area (Å²) < 4.78 is 20.0. The Balaban J connectivity index is 1.65. The fourth-order valence-electron chi connectivity index (χ4n) is 3.44. The summed E-state index contributed by atoms with van der Waals surface area (Å²) in [6, 6.07) is 9.41. The standard InChI is InChI=1S/C19H15ClFNO3/c1-2-25-15-8-7-13(20)16(17(15)21)12-9-14(12)22-18(23)10-5-3-4-6-11(10)19(22)24/h3-8,12,14H,2,9H2,1H3/t12-,14+/m1/s1. The number of nitrogens with zero attached hydrogens (tertiary/aromatic N) is 1. The van der Waals surface area contributed by atoms with E-state index in [1.165, 1.54) is 11.0 Å². The maximum Gasteiger partial charge on any atom is 0.261 e. The number of fused-ring (bicyclic) bond motifs is 1. The van der Waals surface area contributed by atoms with Gasteiger partial charge in [0.15, 0.2) is 11.6 Å². The van der Waals surface area contributed by atoms with Gasteiger partial charge in [-0.25, -0.2) is 4.39 Å². The number of hydrogen-bond acceptors (Lipinski definition) is 3. The summed E-state index contributed by atoms with van der Waals surface area (Å²) in [5.41, 5.74) is 1.11. The minimum atomic E-state index is -0.515. The van der Waals surface area contributed by atoms with Crippen molar-refractivity contribution in [2.75, 3.05) is 6.61 Å². The molecule has 1 heterocycles. The largest absolute Gasteiger partial charge is 0.491 e. The average molecular weight is 360 g/mol. The molecule has 1 aliphatic carbocycles. The second-order valence-corrected chi connectivity index (χ2v) is 6.55. The lowest BCUT2D eigenvalue weighted by Crippen LogP contribution is -2.32. The first kappa shape index (κ1) is 16.1. The monoisotopic (exact) mass is 359 g/mol. The molecule has 4 nitrogen and oxygen atoms in total. The number of carbonyl (C=O) groups excluding carboxylic acids is 2. The van der Waals surface area contributed by atoms with Crippen LogP contribution in [0.3, 0.4) is 0 Å². The zero-order valence-electron chi connectivity index (χ0n) is 13.5. The van der Waals surface area contributed by atoms with Crippen molar-refractivity contribution in [1.29, 1.82) is 0 Å². The fraction of sp³-hybridized carbons (Fsp3) is 0.263. The van der Waals surface area contributed by atoms with Crippen LogP contribution in [-0.2, 0) is 0 Å². The quantitative estimate of drug-likeness (QED) is 0.774. The summed E-state index contributed by atoms with van der Waals surface area (Å²) in [6.07, 6.45) is 0.498. The van der Waals surface area contributed by atoms with Gasteiger partial charge in [-0.15, -0.1) is 0 Å². The van der Waals surface area contributed by atoms with Crippen LogP contribution >= 0.6 is 11.6 Å². The smallest absolute Gasteiger partial charge is 0.261 e. The molecule has 2 aromatic rings. The predicted octanol–water partition coefficient (Wildman–Crippen LogP) is 4.03. The molecule has 25 heavy (non-hydrogen) atoms. The van der Waals surface area contributed by atoms with E-state index in [-0.39, 0.29) is 34.5 Å². The second kappa shape index (κ2) is 5.85. The van der Waals surface area contributed by atoms with Crippen LogP contribution in [0.25, 0.3) is 0 Å². The molecule has 0 saturated heterocycles. The van der Waals surface area contributed by atoms with E-state index in [2.05, 4.69) is 0 Å². The van der Waals surface area contributed by atoms with Gasteiger partial charge in [0, 0.05) is 22.5 Å². The van der Waals surface area contributed by atoms with Crippen LogP contribution in [0.2, 0.25) is 5.02 Å². The minimum absolute atomic E-state index is 0.134. The first-order valence-electron chi connectivity index (χ1n) is 8.12. The lowest BCUT2D eigenvalue weighted by atomic mass is 10.1. The van der Waals surface area contributed by atoms with Crippen LogP contribution < -0.4 is 4.74 Å². The van der Waals surface area contributed by atoms with Crippen molar-refractivity contribution in [3.63, 3.8) is 0 Å². The van der Waals surface area contributed by atoms with E-state index in [0.29, 0.717) is 29.7 Å². The van der Waals surface area contributed by atoms with Crippen molar-refractivity contribution in [1.82, 2.24) is 4.90 Å². The van der Waals surface area contributed by atoms with Gasteiger partial charge >= 0.3 is 0 Å². The molecular weight excluding hydrogens is 345 g/mol. The van der Waals surface area contributed by atoms with Crippen molar-refractivity contribution >= 4 is 23.4 Å². The third kappa shape index (κ3) is 2.42. The van der Waals surface area contributed by atoms with Crippen LogP contribution in [0.4, 0.5) is 4.39 Å². The number of benzene rings is 2. The molecule has 2 atom stereocenters. The molecule has 1 aliphatic heterocycles. The van der Waals surface area contributed by atoms with Crippen LogP contribution in [0, 0.1) is 5.82 Å². The maximum absolute atomic E-state index is 14.7. The van der Waals surface area contributed by atoms with Gasteiger partial charge < -0.3 is 4.74 Å². The number of hydrogen-bond donors (Lipinski definition) is 0. The number of ether oxygens (including phenoxy) is 1. The Labute approximate surface area is 149 Å². The normalized spacial score (nSPS) is 21.5. The van der Waals surface area contributed by atoms with Crippen LogP contribution in [0.5, 0.6) is 5.75 Å². The van der Waals surface area contributed by atoms with Crippen molar-refractivity contribution < 1.29 is 18.7 Å². The van der Waals surface area contributed by atoms with Gasteiger partial charge in [-0.1, -0.05) is 23.7 Å². The highest BCUT2D eigenvalue weighted by molar-refractivity contribution is 6.31. The number of carbonyl (C=O) groups is 2. The molecular formula is C19H15ClFNO3. The zero-order chi connectivity index (χ0) is 17.7. The first-order valence-corrected chi connectivity index (χ1v) is 8.50. The van der Waals surface area contributed by atoms with E-state index in [0.717, 1.165) is 0 Å². The SMILES string of the molecule is CCOc1ccc(Cl)c([C@@H]2C[C@@H]2N2C(=O)c3ccccc3C2=O)c1F. The molecule has 128 valence electrons. The topological polar surface area (TPSA) is 46.6 Å². The molecule has 2 aromatic carbocycles. The molecule has 6 heteroatoms. The van der Waals surface area contributed by atoms with Gasteiger partial charge in [0.05, 0.1) is 17.7 Å². The van der Waals surface area contributed by atoms with E-state index in [4.69, 9.17) is 16.3 Å². The molecule has 0 N–H and O–H groups in total. The zero-order valence-corrected chi connectivity index (χ0v) is 14.2. The number of halogens is 2. The van der Waals surface area contributed by atoms with Crippen LogP contribution in [-0.4, -0.2) is 29.4 Å². The third-order valence-electron chi connectivity index (χ3n) is 4.68. The highest BCUT2D eigenvalue weighted by Crippen LogP contribution is 2.51.